The van der Waals surface area contributed by atoms with Gasteiger partial charge >= 0.3 is 6.03 Å². The van der Waals surface area contributed by atoms with Crippen LogP contribution in [0.4, 0.5) is 4.79 Å². The van der Waals surface area contributed by atoms with Crippen LogP contribution in [-0.4, -0.2) is 53.3 Å². The third kappa shape index (κ3) is 2.46. The molecule has 6 nitrogen and oxygen atoms in total. The zero-order valence-electron chi connectivity index (χ0n) is 9.52. The van der Waals surface area contributed by atoms with Crippen molar-refractivity contribution in [1.82, 2.24) is 15.1 Å². The van der Waals surface area contributed by atoms with E-state index >= 15 is 0 Å². The second kappa shape index (κ2) is 4.57. The monoisotopic (exact) mass is 237 g/mol. The summed E-state index contributed by atoms with van der Waals surface area (Å²) in [5.74, 6) is -0.639. The van der Waals surface area contributed by atoms with Gasteiger partial charge < -0.3 is 10.2 Å². The minimum absolute atomic E-state index is 0.109. The number of amides is 4. The standard InChI is InChI=1S/C11H15N3O3/c1-2-5-12-9(15)6-14-10(16)7-13(11(14)17)8-3-4-8/h2,8H,1,3-7H2,(H,12,15). The molecule has 1 saturated heterocycles. The van der Waals surface area contributed by atoms with Gasteiger partial charge in [-0.3, -0.25) is 14.5 Å². The summed E-state index contributed by atoms with van der Waals surface area (Å²) < 4.78 is 0. The predicted octanol–water partition coefficient (Wildman–Crippen LogP) is -0.285. The summed E-state index contributed by atoms with van der Waals surface area (Å²) in [7, 11) is 0. The largest absolute Gasteiger partial charge is 0.351 e. The van der Waals surface area contributed by atoms with Crippen molar-refractivity contribution in [1.29, 1.82) is 0 Å². The van der Waals surface area contributed by atoms with Crippen molar-refractivity contribution >= 4 is 17.8 Å². The summed E-state index contributed by atoms with van der Waals surface area (Å²) in [6.07, 6.45) is 3.45. The highest BCUT2D eigenvalue weighted by atomic mass is 16.2. The molecule has 1 heterocycles. The molecular formula is C11H15N3O3. The van der Waals surface area contributed by atoms with Crippen LogP contribution in [0.5, 0.6) is 0 Å². The van der Waals surface area contributed by atoms with Crippen LogP contribution in [0.1, 0.15) is 12.8 Å². The van der Waals surface area contributed by atoms with E-state index in [9.17, 15) is 14.4 Å². The fraction of sp³-hybridized carbons (Fsp3) is 0.545. The molecule has 0 radical (unpaired) electrons. The highest BCUT2D eigenvalue weighted by molar-refractivity contribution is 6.04. The van der Waals surface area contributed by atoms with Gasteiger partial charge in [0.15, 0.2) is 0 Å². The number of rotatable bonds is 5. The molecule has 0 aromatic rings. The summed E-state index contributed by atoms with van der Waals surface area (Å²) >= 11 is 0. The summed E-state index contributed by atoms with van der Waals surface area (Å²) in [6, 6.07) is -0.140. The fourth-order valence-electron chi connectivity index (χ4n) is 1.77. The molecule has 0 atom stereocenters. The van der Waals surface area contributed by atoms with E-state index in [2.05, 4.69) is 11.9 Å². The van der Waals surface area contributed by atoms with Crippen LogP contribution in [-0.2, 0) is 9.59 Å². The maximum absolute atomic E-state index is 11.8. The van der Waals surface area contributed by atoms with E-state index in [1.807, 2.05) is 0 Å². The van der Waals surface area contributed by atoms with E-state index in [0.717, 1.165) is 17.7 Å². The average molecular weight is 237 g/mol. The maximum atomic E-state index is 11.8. The highest BCUT2D eigenvalue weighted by Crippen LogP contribution is 2.30. The van der Waals surface area contributed by atoms with Crippen LogP contribution in [0.15, 0.2) is 12.7 Å². The molecule has 2 fully saturated rings. The van der Waals surface area contributed by atoms with E-state index in [-0.39, 0.29) is 37.0 Å². The molecule has 0 bridgehead atoms. The normalized spacial score (nSPS) is 19.8. The molecule has 0 aromatic heterocycles. The Balaban J connectivity index is 1.91. The van der Waals surface area contributed by atoms with Crippen LogP contribution in [0.2, 0.25) is 0 Å². The maximum Gasteiger partial charge on any atom is 0.327 e. The lowest BCUT2D eigenvalue weighted by molar-refractivity contribution is -0.130. The van der Waals surface area contributed by atoms with Crippen LogP contribution in [0, 0.1) is 0 Å². The van der Waals surface area contributed by atoms with E-state index in [1.54, 1.807) is 11.0 Å². The molecule has 6 heteroatoms. The van der Waals surface area contributed by atoms with Crippen LogP contribution in [0.25, 0.3) is 0 Å². The Labute approximate surface area is 99.2 Å². The Hall–Kier alpha value is -1.85. The fourth-order valence-corrected chi connectivity index (χ4v) is 1.77. The molecule has 0 spiro atoms. The van der Waals surface area contributed by atoms with Crippen molar-refractivity contribution < 1.29 is 14.4 Å². The molecule has 2 aliphatic rings. The van der Waals surface area contributed by atoms with Crippen molar-refractivity contribution in [2.45, 2.75) is 18.9 Å². The molecule has 1 aliphatic heterocycles. The summed E-state index contributed by atoms with van der Waals surface area (Å²) in [6.45, 7) is 3.71. The molecule has 1 aliphatic carbocycles. The second-order valence-corrected chi connectivity index (χ2v) is 4.21. The lowest BCUT2D eigenvalue weighted by Gasteiger charge is -2.15. The van der Waals surface area contributed by atoms with Gasteiger partial charge in [0, 0.05) is 12.6 Å². The first kappa shape index (κ1) is 11.6. The van der Waals surface area contributed by atoms with Gasteiger partial charge in [-0.2, -0.15) is 0 Å². The lowest BCUT2D eigenvalue weighted by Crippen LogP contribution is -2.41. The predicted molar refractivity (Wildman–Crippen MR) is 60.0 cm³/mol. The van der Waals surface area contributed by atoms with E-state index in [1.165, 1.54) is 0 Å². The molecular weight excluding hydrogens is 222 g/mol. The van der Waals surface area contributed by atoms with Gasteiger partial charge in [-0.1, -0.05) is 6.08 Å². The van der Waals surface area contributed by atoms with Crippen molar-refractivity contribution in [3.8, 4) is 0 Å². The number of nitrogens with zero attached hydrogens (tertiary/aromatic N) is 2. The van der Waals surface area contributed by atoms with Crippen molar-refractivity contribution in [2.75, 3.05) is 19.6 Å². The molecule has 0 unspecified atom stereocenters. The van der Waals surface area contributed by atoms with Gasteiger partial charge in [-0.25, -0.2) is 4.79 Å². The summed E-state index contributed by atoms with van der Waals surface area (Å²) in [4.78, 5) is 37.4. The van der Waals surface area contributed by atoms with Crippen molar-refractivity contribution in [3.05, 3.63) is 12.7 Å². The number of nitrogens with one attached hydrogen (secondary N) is 1. The SMILES string of the molecule is C=CCNC(=O)CN1C(=O)CN(C2CC2)C1=O. The number of carbonyl (C=O) groups is 3. The summed E-state index contributed by atoms with van der Waals surface area (Å²) in [5, 5.41) is 2.54. The van der Waals surface area contributed by atoms with Gasteiger partial charge in [-0.05, 0) is 12.8 Å². The summed E-state index contributed by atoms with van der Waals surface area (Å²) in [5.41, 5.74) is 0. The molecule has 92 valence electrons. The first-order valence-corrected chi connectivity index (χ1v) is 5.62. The minimum atomic E-state index is -0.343. The van der Waals surface area contributed by atoms with Gasteiger partial charge in [-0.15, -0.1) is 6.58 Å². The Morgan fingerprint density at radius 1 is 1.47 bits per heavy atom. The van der Waals surface area contributed by atoms with Gasteiger partial charge in [0.2, 0.25) is 5.91 Å². The third-order valence-corrected chi connectivity index (χ3v) is 2.82. The number of hydrogen-bond acceptors (Lipinski definition) is 3. The molecule has 4 amide bonds. The first-order chi connectivity index (χ1) is 8.13. The Bertz CT molecular complexity index is 376. The number of imide groups is 1. The molecule has 1 saturated carbocycles. The molecule has 17 heavy (non-hydrogen) atoms. The number of hydrogen-bond donors (Lipinski definition) is 1. The molecule has 1 N–H and O–H groups in total. The van der Waals surface area contributed by atoms with Gasteiger partial charge in [0.25, 0.3) is 5.91 Å². The van der Waals surface area contributed by atoms with Gasteiger partial charge in [0.05, 0.1) is 0 Å². The van der Waals surface area contributed by atoms with E-state index < -0.39 is 0 Å². The Morgan fingerprint density at radius 3 is 2.76 bits per heavy atom. The smallest absolute Gasteiger partial charge is 0.327 e. The topological polar surface area (TPSA) is 69.7 Å². The minimum Gasteiger partial charge on any atom is -0.351 e. The van der Waals surface area contributed by atoms with Crippen molar-refractivity contribution in [2.24, 2.45) is 0 Å². The molecule has 0 aromatic carbocycles. The quantitative estimate of drug-likeness (QED) is 0.528. The van der Waals surface area contributed by atoms with Crippen LogP contribution >= 0.6 is 0 Å². The van der Waals surface area contributed by atoms with Crippen LogP contribution < -0.4 is 5.32 Å². The first-order valence-electron chi connectivity index (χ1n) is 5.62. The van der Waals surface area contributed by atoms with Crippen molar-refractivity contribution in [3.63, 3.8) is 0 Å². The Morgan fingerprint density at radius 2 is 2.18 bits per heavy atom. The third-order valence-electron chi connectivity index (χ3n) is 2.82. The molecule has 2 rings (SSSR count). The zero-order valence-corrected chi connectivity index (χ0v) is 9.52. The zero-order chi connectivity index (χ0) is 12.4. The van der Waals surface area contributed by atoms with Crippen LogP contribution in [0.3, 0.4) is 0 Å². The van der Waals surface area contributed by atoms with E-state index in [4.69, 9.17) is 0 Å². The van der Waals surface area contributed by atoms with E-state index in [0.29, 0.717) is 6.54 Å². The van der Waals surface area contributed by atoms with Gasteiger partial charge in [0.1, 0.15) is 13.1 Å². The number of carbonyl (C=O) groups excluding carboxylic acids is 3. The average Bonchev–Trinajstić information content (AvgIpc) is 3.09. The highest BCUT2D eigenvalue weighted by Gasteiger charge is 2.44. The Kier molecular flexibility index (Phi) is 3.12. The number of urea groups is 1. The lowest BCUT2D eigenvalue weighted by atomic mass is 10.4. The second-order valence-electron chi connectivity index (χ2n) is 4.21.